The van der Waals surface area contributed by atoms with Crippen molar-refractivity contribution < 1.29 is 14.3 Å². The number of hydrogen-bond donors (Lipinski definition) is 2. The number of Topliss-reactive ketones (excluding diaryl/α,β-unsaturated/α-hetero) is 1. The van der Waals surface area contributed by atoms with E-state index in [0.717, 1.165) is 5.56 Å². The van der Waals surface area contributed by atoms with Crippen molar-refractivity contribution in [3.05, 3.63) is 64.3 Å². The first-order valence-corrected chi connectivity index (χ1v) is 8.36. The van der Waals surface area contributed by atoms with Crippen LogP contribution < -0.4 is 15.4 Å². The molecule has 0 aliphatic carbocycles. The maximum Gasteiger partial charge on any atom is 0.267 e. The summed E-state index contributed by atoms with van der Waals surface area (Å²) in [4.78, 5) is 23.8. The van der Waals surface area contributed by atoms with Gasteiger partial charge in [0.15, 0.2) is 5.78 Å². The fourth-order valence-corrected chi connectivity index (χ4v) is 2.41. The number of aryl methyl sites for hydroxylation is 1. The number of rotatable bonds is 6. The predicted molar refractivity (Wildman–Crippen MR) is 105 cm³/mol. The summed E-state index contributed by atoms with van der Waals surface area (Å²) >= 11 is 6.07. The number of nitrogens with one attached hydrogen (secondary N) is 2. The van der Waals surface area contributed by atoms with Gasteiger partial charge in [-0.05, 0) is 37.6 Å². The van der Waals surface area contributed by atoms with E-state index in [2.05, 4.69) is 10.6 Å². The average molecular weight is 384 g/mol. The topological polar surface area (TPSA) is 91.2 Å². The van der Waals surface area contributed by atoms with Gasteiger partial charge in [0.05, 0.1) is 12.8 Å². The predicted octanol–water partition coefficient (Wildman–Crippen LogP) is 4.32. The van der Waals surface area contributed by atoms with Crippen LogP contribution in [-0.2, 0) is 4.79 Å². The second-order valence-electron chi connectivity index (χ2n) is 5.71. The zero-order chi connectivity index (χ0) is 20.0. The summed E-state index contributed by atoms with van der Waals surface area (Å²) in [6.07, 6.45) is 1.29. The van der Waals surface area contributed by atoms with Gasteiger partial charge in [-0.1, -0.05) is 23.7 Å². The molecule has 0 aliphatic rings. The zero-order valence-corrected chi connectivity index (χ0v) is 15.8. The van der Waals surface area contributed by atoms with Crippen molar-refractivity contribution in [3.8, 4) is 11.8 Å². The van der Waals surface area contributed by atoms with Gasteiger partial charge in [0.25, 0.3) is 5.91 Å². The molecule has 0 fully saturated rings. The van der Waals surface area contributed by atoms with Gasteiger partial charge in [0, 0.05) is 28.5 Å². The Morgan fingerprint density at radius 3 is 2.63 bits per heavy atom. The fraction of sp³-hybridized carbons (Fsp3) is 0.150. The Morgan fingerprint density at radius 1 is 1.26 bits per heavy atom. The van der Waals surface area contributed by atoms with E-state index in [-0.39, 0.29) is 11.4 Å². The van der Waals surface area contributed by atoms with Crippen LogP contribution in [0.5, 0.6) is 5.75 Å². The first kappa shape index (κ1) is 20.0. The molecule has 0 aromatic heterocycles. The van der Waals surface area contributed by atoms with Gasteiger partial charge in [0.2, 0.25) is 0 Å². The summed E-state index contributed by atoms with van der Waals surface area (Å²) in [5.41, 5.74) is 2.14. The maximum absolute atomic E-state index is 12.3. The van der Waals surface area contributed by atoms with Crippen LogP contribution in [0.4, 0.5) is 11.4 Å². The van der Waals surface area contributed by atoms with Crippen molar-refractivity contribution in [2.45, 2.75) is 13.8 Å². The first-order valence-electron chi connectivity index (χ1n) is 7.99. The minimum Gasteiger partial charge on any atom is -0.495 e. The molecule has 27 heavy (non-hydrogen) atoms. The van der Waals surface area contributed by atoms with E-state index in [1.54, 1.807) is 36.4 Å². The molecule has 0 heterocycles. The maximum atomic E-state index is 12.3. The highest BCUT2D eigenvalue weighted by Gasteiger charge is 2.12. The number of hydrogen-bond acceptors (Lipinski definition) is 5. The van der Waals surface area contributed by atoms with Gasteiger partial charge in [-0.2, -0.15) is 5.26 Å². The fourth-order valence-electron chi connectivity index (χ4n) is 2.26. The van der Waals surface area contributed by atoms with E-state index in [1.807, 2.05) is 13.0 Å². The van der Waals surface area contributed by atoms with E-state index in [9.17, 15) is 14.9 Å². The number of amides is 1. The summed E-state index contributed by atoms with van der Waals surface area (Å²) < 4.78 is 5.25. The van der Waals surface area contributed by atoms with Crippen LogP contribution in [0, 0.1) is 18.3 Å². The number of anilines is 2. The molecule has 6 nitrogen and oxygen atoms in total. The van der Waals surface area contributed by atoms with Crippen molar-refractivity contribution in [3.63, 3.8) is 0 Å². The lowest BCUT2D eigenvalue weighted by molar-refractivity contribution is -0.112. The second kappa shape index (κ2) is 8.88. The lowest BCUT2D eigenvalue weighted by Crippen LogP contribution is -2.15. The Bertz CT molecular complexity index is 961. The van der Waals surface area contributed by atoms with Gasteiger partial charge in [0.1, 0.15) is 17.4 Å². The number of methoxy groups -OCH3 is 1. The molecule has 0 radical (unpaired) electrons. The monoisotopic (exact) mass is 383 g/mol. The summed E-state index contributed by atoms with van der Waals surface area (Å²) in [7, 11) is 1.50. The Hall–Kier alpha value is -3.30. The normalized spacial score (nSPS) is 10.7. The third-order valence-corrected chi connectivity index (χ3v) is 4.15. The number of nitrogens with zero attached hydrogens (tertiary/aromatic N) is 1. The van der Waals surface area contributed by atoms with Crippen molar-refractivity contribution in [2.75, 3.05) is 17.7 Å². The Morgan fingerprint density at radius 2 is 2.00 bits per heavy atom. The molecule has 0 atom stereocenters. The molecule has 2 N–H and O–H groups in total. The van der Waals surface area contributed by atoms with Crippen LogP contribution in [0.15, 0.2) is 48.2 Å². The van der Waals surface area contributed by atoms with E-state index in [1.165, 1.54) is 20.2 Å². The molecular weight excluding hydrogens is 366 g/mol. The van der Waals surface area contributed by atoms with Crippen molar-refractivity contribution in [2.24, 2.45) is 0 Å². The van der Waals surface area contributed by atoms with Crippen LogP contribution in [0.1, 0.15) is 22.8 Å². The Kier molecular flexibility index (Phi) is 6.58. The molecule has 0 saturated heterocycles. The SMILES string of the molecule is COc1cc(Cl)c(C)cc1N/C=C(/C#N)C(=O)Nc1cccc(C(C)=O)c1. The number of halogens is 1. The lowest BCUT2D eigenvalue weighted by Gasteiger charge is -2.11. The van der Waals surface area contributed by atoms with Gasteiger partial charge in [-0.25, -0.2) is 0 Å². The van der Waals surface area contributed by atoms with Crippen LogP contribution >= 0.6 is 11.6 Å². The molecule has 1 amide bonds. The molecule has 0 unspecified atom stereocenters. The summed E-state index contributed by atoms with van der Waals surface area (Å²) in [6, 6.07) is 11.7. The molecule has 7 heteroatoms. The van der Waals surface area contributed by atoms with Gasteiger partial charge in [-0.15, -0.1) is 0 Å². The van der Waals surface area contributed by atoms with E-state index >= 15 is 0 Å². The van der Waals surface area contributed by atoms with Crippen LogP contribution in [0.2, 0.25) is 5.02 Å². The molecule has 2 rings (SSSR count). The number of benzene rings is 2. The highest BCUT2D eigenvalue weighted by atomic mass is 35.5. The molecular formula is C20H18ClN3O3. The van der Waals surface area contributed by atoms with Gasteiger partial charge < -0.3 is 15.4 Å². The molecule has 0 bridgehead atoms. The molecule has 2 aromatic rings. The highest BCUT2D eigenvalue weighted by Crippen LogP contribution is 2.31. The van der Waals surface area contributed by atoms with Crippen LogP contribution in [-0.4, -0.2) is 18.8 Å². The first-order chi connectivity index (χ1) is 12.8. The number of ether oxygens (including phenoxy) is 1. The van der Waals surface area contributed by atoms with Crippen LogP contribution in [0.25, 0.3) is 0 Å². The lowest BCUT2D eigenvalue weighted by atomic mass is 10.1. The zero-order valence-electron chi connectivity index (χ0n) is 15.1. The largest absolute Gasteiger partial charge is 0.495 e. The molecule has 2 aromatic carbocycles. The van der Waals surface area contributed by atoms with Gasteiger partial charge >= 0.3 is 0 Å². The molecule has 0 aliphatic heterocycles. The summed E-state index contributed by atoms with van der Waals surface area (Å²) in [5.74, 6) is -0.238. The highest BCUT2D eigenvalue weighted by molar-refractivity contribution is 6.31. The van der Waals surface area contributed by atoms with E-state index in [0.29, 0.717) is 27.7 Å². The molecule has 0 spiro atoms. The Balaban J connectivity index is 2.20. The quantitative estimate of drug-likeness (QED) is 0.440. The van der Waals surface area contributed by atoms with Gasteiger partial charge in [-0.3, -0.25) is 9.59 Å². The van der Waals surface area contributed by atoms with Crippen molar-refractivity contribution in [1.29, 1.82) is 5.26 Å². The second-order valence-corrected chi connectivity index (χ2v) is 6.11. The number of carbonyl (C=O) groups is 2. The van der Waals surface area contributed by atoms with E-state index < -0.39 is 5.91 Å². The number of nitriles is 1. The van der Waals surface area contributed by atoms with E-state index in [4.69, 9.17) is 16.3 Å². The third kappa shape index (κ3) is 5.09. The summed E-state index contributed by atoms with van der Waals surface area (Å²) in [5, 5.41) is 15.3. The standard InChI is InChI=1S/C20H18ClN3O3/c1-12-7-18(19(27-3)9-17(12)21)23-11-15(10-22)20(26)24-16-6-4-5-14(8-16)13(2)25/h4-9,11,23H,1-3H3,(H,24,26)/b15-11-. The van der Waals surface area contributed by atoms with Crippen molar-refractivity contribution >= 4 is 34.7 Å². The Labute approximate surface area is 162 Å². The minimum absolute atomic E-state index is 0.117. The smallest absolute Gasteiger partial charge is 0.267 e. The van der Waals surface area contributed by atoms with Crippen LogP contribution in [0.3, 0.4) is 0 Å². The number of carbonyl (C=O) groups excluding carboxylic acids is 2. The molecule has 0 saturated carbocycles. The average Bonchev–Trinajstić information content (AvgIpc) is 2.64. The van der Waals surface area contributed by atoms with Crippen molar-refractivity contribution in [1.82, 2.24) is 0 Å². The molecule has 138 valence electrons. The summed E-state index contributed by atoms with van der Waals surface area (Å²) in [6.45, 7) is 3.27. The number of ketones is 1. The third-order valence-electron chi connectivity index (χ3n) is 3.74. The minimum atomic E-state index is -0.602.